The largest absolute Gasteiger partial charge is 0.339 e. The number of hydrogen-bond donors (Lipinski definition) is 0. The first-order valence-electron chi connectivity index (χ1n) is 3.90. The number of aromatic nitrogens is 2. The van der Waals surface area contributed by atoms with E-state index in [0.29, 0.717) is 17.4 Å². The van der Waals surface area contributed by atoms with Crippen LogP contribution < -0.4 is 0 Å². The third kappa shape index (κ3) is 2.82. The first-order valence-corrected chi connectivity index (χ1v) is 4.81. The molecule has 0 N–H and O–H groups in total. The fraction of sp³-hybridized carbons (Fsp3) is 0.375. The number of amides is 1. The minimum Gasteiger partial charge on any atom is -0.339 e. The van der Waals surface area contributed by atoms with Gasteiger partial charge in [-0.1, -0.05) is 11.6 Å². The molecular formula is C8H9Cl2N3O. The summed E-state index contributed by atoms with van der Waals surface area (Å²) in [7, 11) is 1.63. The summed E-state index contributed by atoms with van der Waals surface area (Å²) in [5.74, 6) is -0.220. The summed E-state index contributed by atoms with van der Waals surface area (Å²) in [6.07, 6.45) is 3.02. The zero-order valence-corrected chi connectivity index (χ0v) is 9.09. The summed E-state index contributed by atoms with van der Waals surface area (Å²) >= 11 is 11.2. The molecule has 1 amide bonds. The number of nitrogens with zero attached hydrogens (tertiary/aromatic N) is 3. The molecule has 0 spiro atoms. The lowest BCUT2D eigenvalue weighted by Gasteiger charge is -2.15. The highest BCUT2D eigenvalue weighted by Gasteiger charge is 2.10. The standard InChI is InChI=1S/C8H9Cl2N3O/c1-13(7(14)4-9)5-6-8(10)12-3-2-11-6/h2-3H,4-5H2,1H3. The summed E-state index contributed by atoms with van der Waals surface area (Å²) in [5.41, 5.74) is 0.565. The Balaban J connectivity index is 2.69. The maximum atomic E-state index is 11.1. The van der Waals surface area contributed by atoms with E-state index < -0.39 is 0 Å². The van der Waals surface area contributed by atoms with Crippen molar-refractivity contribution in [2.45, 2.75) is 6.54 Å². The summed E-state index contributed by atoms with van der Waals surface area (Å²) in [5, 5.41) is 0.307. The number of carbonyl (C=O) groups excluding carboxylic acids is 1. The Bertz CT molecular complexity index is 332. The second-order valence-corrected chi connectivity index (χ2v) is 3.30. The average Bonchev–Trinajstić information content (AvgIpc) is 2.20. The van der Waals surface area contributed by atoms with Gasteiger partial charge in [-0.05, 0) is 0 Å². The van der Waals surface area contributed by atoms with E-state index in [9.17, 15) is 4.79 Å². The van der Waals surface area contributed by atoms with Crippen LogP contribution in [0.3, 0.4) is 0 Å². The van der Waals surface area contributed by atoms with Crippen molar-refractivity contribution in [1.82, 2.24) is 14.9 Å². The van der Waals surface area contributed by atoms with Crippen LogP contribution in [0.5, 0.6) is 0 Å². The fourth-order valence-electron chi connectivity index (χ4n) is 0.871. The van der Waals surface area contributed by atoms with Gasteiger partial charge in [0.05, 0.1) is 12.2 Å². The average molecular weight is 234 g/mol. The molecule has 1 rings (SSSR count). The molecule has 0 saturated carbocycles. The van der Waals surface area contributed by atoms with Crippen LogP contribution in [-0.4, -0.2) is 33.7 Å². The predicted molar refractivity (Wildman–Crippen MR) is 54.2 cm³/mol. The molecule has 0 unspecified atom stereocenters. The van der Waals surface area contributed by atoms with E-state index in [1.165, 1.54) is 17.3 Å². The first kappa shape index (κ1) is 11.2. The maximum Gasteiger partial charge on any atom is 0.237 e. The van der Waals surface area contributed by atoms with Crippen LogP contribution in [0.2, 0.25) is 5.15 Å². The van der Waals surface area contributed by atoms with E-state index in [-0.39, 0.29) is 11.8 Å². The SMILES string of the molecule is CN(Cc1nccnc1Cl)C(=O)CCl. The summed E-state index contributed by atoms with van der Waals surface area (Å²) in [4.78, 5) is 20.4. The lowest BCUT2D eigenvalue weighted by molar-refractivity contribution is -0.127. The van der Waals surface area contributed by atoms with Gasteiger partial charge in [-0.2, -0.15) is 0 Å². The van der Waals surface area contributed by atoms with Crippen LogP contribution >= 0.6 is 23.2 Å². The Hall–Kier alpha value is -0.870. The van der Waals surface area contributed by atoms with Gasteiger partial charge in [0.2, 0.25) is 5.91 Å². The van der Waals surface area contributed by atoms with Crippen LogP contribution in [0.15, 0.2) is 12.4 Å². The van der Waals surface area contributed by atoms with E-state index in [0.717, 1.165) is 0 Å². The smallest absolute Gasteiger partial charge is 0.237 e. The predicted octanol–water partition coefficient (Wildman–Crippen LogP) is 1.33. The van der Waals surface area contributed by atoms with Gasteiger partial charge in [0.25, 0.3) is 0 Å². The van der Waals surface area contributed by atoms with Crippen molar-refractivity contribution >= 4 is 29.1 Å². The minimum absolute atomic E-state index is 0.0472. The Kier molecular flexibility index (Phi) is 4.10. The normalized spacial score (nSPS) is 9.93. The first-order chi connectivity index (χ1) is 6.65. The van der Waals surface area contributed by atoms with E-state index in [4.69, 9.17) is 23.2 Å². The molecule has 0 aliphatic heterocycles. The van der Waals surface area contributed by atoms with Crippen LogP contribution in [0, 0.1) is 0 Å². The number of hydrogen-bond acceptors (Lipinski definition) is 3. The molecular weight excluding hydrogens is 225 g/mol. The molecule has 76 valence electrons. The highest BCUT2D eigenvalue weighted by molar-refractivity contribution is 6.30. The summed E-state index contributed by atoms with van der Waals surface area (Å²) < 4.78 is 0. The molecule has 1 aromatic heterocycles. The van der Waals surface area contributed by atoms with E-state index in [2.05, 4.69) is 9.97 Å². The van der Waals surface area contributed by atoms with E-state index >= 15 is 0 Å². The zero-order valence-electron chi connectivity index (χ0n) is 7.57. The number of rotatable bonds is 3. The molecule has 0 aromatic carbocycles. The van der Waals surface area contributed by atoms with Gasteiger partial charge in [-0.25, -0.2) is 4.98 Å². The molecule has 0 saturated heterocycles. The van der Waals surface area contributed by atoms with Crippen molar-refractivity contribution in [1.29, 1.82) is 0 Å². The van der Waals surface area contributed by atoms with Gasteiger partial charge in [-0.15, -0.1) is 11.6 Å². The Morgan fingerprint density at radius 2 is 2.14 bits per heavy atom. The van der Waals surface area contributed by atoms with Crippen molar-refractivity contribution in [3.63, 3.8) is 0 Å². The van der Waals surface area contributed by atoms with Crippen molar-refractivity contribution < 1.29 is 4.79 Å². The van der Waals surface area contributed by atoms with E-state index in [1.54, 1.807) is 7.05 Å². The van der Waals surface area contributed by atoms with Gasteiger partial charge in [0.1, 0.15) is 5.88 Å². The molecule has 6 heteroatoms. The van der Waals surface area contributed by atoms with E-state index in [1.807, 2.05) is 0 Å². The molecule has 1 heterocycles. The van der Waals surface area contributed by atoms with Crippen molar-refractivity contribution in [3.05, 3.63) is 23.2 Å². The van der Waals surface area contributed by atoms with Crippen molar-refractivity contribution in [3.8, 4) is 0 Å². The lowest BCUT2D eigenvalue weighted by atomic mass is 10.4. The molecule has 0 aliphatic carbocycles. The minimum atomic E-state index is -0.173. The van der Waals surface area contributed by atoms with Crippen LogP contribution in [0.4, 0.5) is 0 Å². The number of alkyl halides is 1. The third-order valence-corrected chi connectivity index (χ3v) is 2.19. The van der Waals surface area contributed by atoms with Gasteiger partial charge in [0.15, 0.2) is 5.15 Å². The second-order valence-electron chi connectivity index (χ2n) is 2.68. The molecule has 0 radical (unpaired) electrons. The maximum absolute atomic E-state index is 11.1. The number of halogens is 2. The number of carbonyl (C=O) groups is 1. The Morgan fingerprint density at radius 1 is 1.50 bits per heavy atom. The van der Waals surface area contributed by atoms with Crippen molar-refractivity contribution in [2.24, 2.45) is 0 Å². The molecule has 0 fully saturated rings. The van der Waals surface area contributed by atoms with Crippen LogP contribution in [0.25, 0.3) is 0 Å². The third-order valence-electron chi connectivity index (χ3n) is 1.65. The highest BCUT2D eigenvalue weighted by Crippen LogP contribution is 2.10. The molecule has 1 aromatic rings. The lowest BCUT2D eigenvalue weighted by Crippen LogP contribution is -2.27. The highest BCUT2D eigenvalue weighted by atomic mass is 35.5. The van der Waals surface area contributed by atoms with Crippen LogP contribution in [-0.2, 0) is 11.3 Å². The molecule has 0 aliphatic rings. The monoisotopic (exact) mass is 233 g/mol. The zero-order chi connectivity index (χ0) is 10.6. The van der Waals surface area contributed by atoms with Gasteiger partial charge in [0, 0.05) is 19.4 Å². The fourth-order valence-corrected chi connectivity index (χ4v) is 1.24. The molecule has 0 atom stereocenters. The molecule has 14 heavy (non-hydrogen) atoms. The summed E-state index contributed by atoms with van der Waals surface area (Å²) in [6.45, 7) is 0.318. The topological polar surface area (TPSA) is 46.1 Å². The Labute approximate surface area is 91.9 Å². The molecule has 4 nitrogen and oxygen atoms in total. The van der Waals surface area contributed by atoms with Crippen LogP contribution in [0.1, 0.15) is 5.69 Å². The van der Waals surface area contributed by atoms with Gasteiger partial charge >= 0.3 is 0 Å². The van der Waals surface area contributed by atoms with Gasteiger partial charge in [-0.3, -0.25) is 9.78 Å². The summed E-state index contributed by atoms with van der Waals surface area (Å²) in [6, 6.07) is 0. The quantitative estimate of drug-likeness (QED) is 0.741. The Morgan fingerprint density at radius 3 is 2.71 bits per heavy atom. The second kappa shape index (κ2) is 5.12. The molecule has 0 bridgehead atoms. The van der Waals surface area contributed by atoms with Crippen molar-refractivity contribution in [2.75, 3.05) is 12.9 Å². The van der Waals surface area contributed by atoms with Gasteiger partial charge < -0.3 is 4.90 Å².